The number of benzene rings is 4. The van der Waals surface area contributed by atoms with Crippen LogP contribution in [0.4, 0.5) is 0 Å². The van der Waals surface area contributed by atoms with E-state index in [0.717, 1.165) is 11.1 Å². The standard InChI is InChI=1S/C33H27ClN2O6/c1-20-6-8-21(9-7-20)18-40-28-13-10-22(14-30(28)38-2)32-26-12-11-25(16-29(26)42-33(36)27(32)17-35)41-31(37)19-39-24-5-3-4-23(34)15-24/h3-16,32H,18-19,36H2,1-2H3. The molecule has 4 aromatic carbocycles. The summed E-state index contributed by atoms with van der Waals surface area (Å²) >= 11 is 5.95. The van der Waals surface area contributed by atoms with Gasteiger partial charge in [-0.05, 0) is 54.4 Å². The largest absolute Gasteiger partial charge is 0.493 e. The molecule has 0 aromatic heterocycles. The van der Waals surface area contributed by atoms with Gasteiger partial charge in [0.2, 0.25) is 5.88 Å². The van der Waals surface area contributed by atoms with E-state index in [1.165, 1.54) is 5.56 Å². The van der Waals surface area contributed by atoms with Crippen molar-refractivity contribution in [1.82, 2.24) is 0 Å². The van der Waals surface area contributed by atoms with Crippen molar-refractivity contribution in [3.05, 3.63) is 124 Å². The summed E-state index contributed by atoms with van der Waals surface area (Å²) in [5.74, 6) is 0.903. The Kier molecular flexibility index (Phi) is 8.51. The summed E-state index contributed by atoms with van der Waals surface area (Å²) in [6.07, 6.45) is 0. The maximum absolute atomic E-state index is 12.4. The van der Waals surface area contributed by atoms with Gasteiger partial charge in [0.25, 0.3) is 0 Å². The number of nitrogens with two attached hydrogens (primary N) is 1. The van der Waals surface area contributed by atoms with Gasteiger partial charge in [-0.3, -0.25) is 0 Å². The Morgan fingerprint density at radius 1 is 0.976 bits per heavy atom. The van der Waals surface area contributed by atoms with E-state index in [9.17, 15) is 10.1 Å². The van der Waals surface area contributed by atoms with Crippen molar-refractivity contribution in [2.24, 2.45) is 5.73 Å². The summed E-state index contributed by atoms with van der Waals surface area (Å²) in [4.78, 5) is 12.4. The fraction of sp³-hybridized carbons (Fsp3) is 0.152. The number of nitrogens with zero attached hydrogens (tertiary/aromatic N) is 1. The SMILES string of the molecule is COc1cc(C2C(C#N)=C(N)Oc3cc(OC(=O)COc4cccc(Cl)c4)ccc32)ccc1OCc1ccc(C)cc1. The molecule has 0 saturated carbocycles. The molecule has 0 saturated heterocycles. The number of hydrogen-bond donors (Lipinski definition) is 1. The Morgan fingerprint density at radius 2 is 1.79 bits per heavy atom. The molecule has 0 aliphatic carbocycles. The van der Waals surface area contributed by atoms with Gasteiger partial charge < -0.3 is 29.4 Å². The van der Waals surface area contributed by atoms with Gasteiger partial charge in [-0.2, -0.15) is 5.26 Å². The first-order valence-corrected chi connectivity index (χ1v) is 13.4. The molecule has 0 fully saturated rings. The summed E-state index contributed by atoms with van der Waals surface area (Å²) in [7, 11) is 1.56. The Balaban J connectivity index is 1.35. The second-order valence-electron chi connectivity index (χ2n) is 9.53. The van der Waals surface area contributed by atoms with E-state index in [-0.39, 0.29) is 23.8 Å². The molecule has 8 nitrogen and oxygen atoms in total. The van der Waals surface area contributed by atoms with Crippen LogP contribution in [0.1, 0.15) is 28.2 Å². The first-order valence-electron chi connectivity index (χ1n) is 13.0. The second kappa shape index (κ2) is 12.6. The number of carbonyl (C=O) groups excluding carboxylic acids is 1. The van der Waals surface area contributed by atoms with Gasteiger partial charge in [0.15, 0.2) is 18.1 Å². The molecule has 0 radical (unpaired) electrons. The number of ether oxygens (including phenoxy) is 5. The molecular formula is C33H27ClN2O6. The van der Waals surface area contributed by atoms with Crippen LogP contribution >= 0.6 is 11.6 Å². The first kappa shape index (κ1) is 28.4. The highest BCUT2D eigenvalue weighted by molar-refractivity contribution is 6.30. The molecule has 2 N–H and O–H groups in total. The third-order valence-corrected chi connectivity index (χ3v) is 6.85. The Hall–Kier alpha value is -5.13. The molecule has 1 unspecified atom stereocenters. The number of hydrogen-bond acceptors (Lipinski definition) is 8. The van der Waals surface area contributed by atoms with Crippen LogP contribution in [0.15, 0.2) is 96.4 Å². The minimum atomic E-state index is -0.616. The van der Waals surface area contributed by atoms with Crippen LogP contribution in [-0.4, -0.2) is 19.7 Å². The van der Waals surface area contributed by atoms with Crippen LogP contribution in [0, 0.1) is 18.3 Å². The van der Waals surface area contributed by atoms with E-state index >= 15 is 0 Å². The molecule has 5 rings (SSSR count). The van der Waals surface area contributed by atoms with Crippen molar-refractivity contribution in [3.63, 3.8) is 0 Å². The number of methoxy groups -OCH3 is 1. The van der Waals surface area contributed by atoms with Gasteiger partial charge in [0.05, 0.1) is 13.0 Å². The smallest absolute Gasteiger partial charge is 0.349 e. The second-order valence-corrected chi connectivity index (χ2v) is 9.97. The van der Waals surface area contributed by atoms with Crippen molar-refractivity contribution in [2.75, 3.05) is 13.7 Å². The van der Waals surface area contributed by atoms with E-state index in [1.807, 2.05) is 43.3 Å². The van der Waals surface area contributed by atoms with Crippen molar-refractivity contribution < 1.29 is 28.5 Å². The number of rotatable bonds is 9. The zero-order chi connectivity index (χ0) is 29.6. The molecule has 4 aromatic rings. The van der Waals surface area contributed by atoms with Crippen LogP contribution < -0.4 is 29.4 Å². The summed E-state index contributed by atoms with van der Waals surface area (Å²) in [5.41, 5.74) is 10.0. The zero-order valence-corrected chi connectivity index (χ0v) is 23.7. The van der Waals surface area contributed by atoms with Crippen molar-refractivity contribution >= 4 is 17.6 Å². The summed E-state index contributed by atoms with van der Waals surface area (Å²) in [6.45, 7) is 2.09. The van der Waals surface area contributed by atoms with Gasteiger partial charge in [0, 0.05) is 16.7 Å². The Bertz CT molecular complexity index is 1690. The fourth-order valence-electron chi connectivity index (χ4n) is 4.53. The van der Waals surface area contributed by atoms with E-state index in [0.29, 0.717) is 40.2 Å². The maximum Gasteiger partial charge on any atom is 0.349 e. The minimum Gasteiger partial charge on any atom is -0.493 e. The molecule has 1 heterocycles. The average molecular weight is 583 g/mol. The molecule has 0 spiro atoms. The predicted molar refractivity (Wildman–Crippen MR) is 157 cm³/mol. The number of fused-ring (bicyclic) bond motifs is 1. The van der Waals surface area contributed by atoms with Crippen LogP contribution in [0.25, 0.3) is 0 Å². The highest BCUT2D eigenvalue weighted by atomic mass is 35.5. The number of allylic oxidation sites excluding steroid dienone is 1. The first-order chi connectivity index (χ1) is 20.3. The number of aryl methyl sites for hydroxylation is 1. The predicted octanol–water partition coefficient (Wildman–Crippen LogP) is 6.44. The molecule has 0 amide bonds. The zero-order valence-electron chi connectivity index (χ0n) is 22.9. The third-order valence-electron chi connectivity index (χ3n) is 6.61. The fourth-order valence-corrected chi connectivity index (χ4v) is 4.71. The Morgan fingerprint density at radius 3 is 2.52 bits per heavy atom. The average Bonchev–Trinajstić information content (AvgIpc) is 2.99. The summed E-state index contributed by atoms with van der Waals surface area (Å²) in [5, 5.41) is 10.5. The van der Waals surface area contributed by atoms with E-state index in [2.05, 4.69) is 6.07 Å². The van der Waals surface area contributed by atoms with Crippen LogP contribution in [0.2, 0.25) is 5.02 Å². The molecule has 9 heteroatoms. The van der Waals surface area contributed by atoms with Gasteiger partial charge >= 0.3 is 5.97 Å². The number of halogens is 1. The molecule has 42 heavy (non-hydrogen) atoms. The third kappa shape index (κ3) is 6.43. The minimum absolute atomic E-state index is 0.0403. The topological polar surface area (TPSA) is 113 Å². The molecule has 0 bridgehead atoms. The van der Waals surface area contributed by atoms with Crippen LogP contribution in [-0.2, 0) is 11.4 Å². The lowest BCUT2D eigenvalue weighted by atomic mass is 9.83. The van der Waals surface area contributed by atoms with Crippen LogP contribution in [0.5, 0.6) is 28.7 Å². The lowest BCUT2D eigenvalue weighted by molar-refractivity contribution is -0.136. The number of carbonyl (C=O) groups is 1. The highest BCUT2D eigenvalue weighted by Gasteiger charge is 2.32. The number of esters is 1. The normalized spacial score (nSPS) is 13.8. The lowest BCUT2D eigenvalue weighted by Gasteiger charge is -2.27. The monoisotopic (exact) mass is 582 g/mol. The molecular weight excluding hydrogens is 556 g/mol. The van der Waals surface area contributed by atoms with E-state index in [1.54, 1.807) is 55.6 Å². The molecule has 1 aliphatic heterocycles. The van der Waals surface area contributed by atoms with Gasteiger partial charge in [-0.15, -0.1) is 0 Å². The quantitative estimate of drug-likeness (QED) is 0.177. The van der Waals surface area contributed by atoms with E-state index < -0.39 is 11.9 Å². The molecule has 1 atom stereocenters. The number of nitriles is 1. The van der Waals surface area contributed by atoms with Crippen molar-refractivity contribution in [3.8, 4) is 34.8 Å². The van der Waals surface area contributed by atoms with Gasteiger partial charge in [-0.1, -0.05) is 59.6 Å². The summed E-state index contributed by atoms with van der Waals surface area (Å²) in [6, 6.07) is 27.4. The van der Waals surface area contributed by atoms with Crippen molar-refractivity contribution in [1.29, 1.82) is 5.26 Å². The summed E-state index contributed by atoms with van der Waals surface area (Å²) < 4.78 is 28.3. The molecule has 1 aliphatic rings. The van der Waals surface area contributed by atoms with Crippen LogP contribution in [0.3, 0.4) is 0 Å². The van der Waals surface area contributed by atoms with Gasteiger partial charge in [-0.25, -0.2) is 4.79 Å². The van der Waals surface area contributed by atoms with Gasteiger partial charge in [0.1, 0.15) is 35.5 Å². The highest BCUT2D eigenvalue weighted by Crippen LogP contribution is 2.45. The van der Waals surface area contributed by atoms with E-state index in [4.69, 9.17) is 41.0 Å². The van der Waals surface area contributed by atoms with Crippen molar-refractivity contribution in [2.45, 2.75) is 19.4 Å². The molecule has 212 valence electrons. The Labute approximate surface area is 248 Å². The maximum atomic E-state index is 12.4. The lowest BCUT2D eigenvalue weighted by Crippen LogP contribution is -2.21.